The van der Waals surface area contributed by atoms with Gasteiger partial charge in [-0.3, -0.25) is 0 Å². The zero-order chi connectivity index (χ0) is 22.5. The number of hydrogen-bond acceptors (Lipinski definition) is 5. The Bertz CT molecular complexity index is 403. The van der Waals surface area contributed by atoms with Crippen LogP contribution in [0, 0.1) is 0 Å². The molecule has 0 spiro atoms. The SMILES string of the molecule is CCCCCCCCCCCCCCCCCCOCC(O)COP(=O)([O-])C(C)C. The average molecular weight is 450 g/mol. The van der Waals surface area contributed by atoms with Gasteiger partial charge < -0.3 is 23.8 Å². The number of rotatable bonds is 23. The van der Waals surface area contributed by atoms with E-state index in [-0.39, 0.29) is 13.2 Å². The van der Waals surface area contributed by atoms with Crippen molar-refractivity contribution < 1.29 is 23.8 Å². The minimum absolute atomic E-state index is 0.122. The van der Waals surface area contributed by atoms with Gasteiger partial charge in [-0.25, -0.2) is 0 Å². The molecular formula is C24H50O5P-. The molecule has 0 aromatic heterocycles. The molecule has 0 radical (unpaired) electrons. The molecule has 30 heavy (non-hydrogen) atoms. The molecule has 1 N–H and O–H groups in total. The maximum absolute atomic E-state index is 11.5. The van der Waals surface area contributed by atoms with E-state index in [1.54, 1.807) is 13.8 Å². The molecule has 0 rings (SSSR count). The van der Waals surface area contributed by atoms with Gasteiger partial charge in [0.2, 0.25) is 0 Å². The Morgan fingerprint density at radius 3 is 1.53 bits per heavy atom. The van der Waals surface area contributed by atoms with Crippen molar-refractivity contribution in [2.45, 2.75) is 135 Å². The van der Waals surface area contributed by atoms with Crippen LogP contribution in [0.4, 0.5) is 0 Å². The first kappa shape index (κ1) is 30.1. The van der Waals surface area contributed by atoms with Crippen LogP contribution >= 0.6 is 7.60 Å². The predicted molar refractivity (Wildman–Crippen MR) is 125 cm³/mol. The average Bonchev–Trinajstić information content (AvgIpc) is 2.71. The van der Waals surface area contributed by atoms with Crippen LogP contribution in [0.25, 0.3) is 0 Å². The summed E-state index contributed by atoms with van der Waals surface area (Å²) in [7, 11) is -3.86. The quantitative estimate of drug-likeness (QED) is 0.140. The van der Waals surface area contributed by atoms with Gasteiger partial charge in [0.15, 0.2) is 0 Å². The standard InChI is InChI=1S/C24H51O5P/c1-4-5-6-7-8-9-10-11-12-13-14-15-16-17-18-19-20-28-21-24(25)22-29-30(26,27)23(2)3/h23-25H,4-22H2,1-3H3,(H,26,27)/p-1. The van der Waals surface area contributed by atoms with Gasteiger partial charge in [-0.1, -0.05) is 117 Å². The summed E-state index contributed by atoms with van der Waals surface area (Å²) in [6, 6.07) is 0. The number of aliphatic hydroxyl groups excluding tert-OH is 1. The lowest BCUT2D eigenvalue weighted by Crippen LogP contribution is -2.24. The van der Waals surface area contributed by atoms with Gasteiger partial charge in [0.05, 0.1) is 13.2 Å². The van der Waals surface area contributed by atoms with Crippen molar-refractivity contribution in [1.29, 1.82) is 0 Å². The van der Waals surface area contributed by atoms with Gasteiger partial charge in [-0.15, -0.1) is 0 Å². The smallest absolute Gasteiger partial charge is 0.137 e. The second-order valence-corrected chi connectivity index (χ2v) is 11.3. The molecule has 0 saturated carbocycles. The van der Waals surface area contributed by atoms with Gasteiger partial charge in [0.1, 0.15) is 13.7 Å². The van der Waals surface area contributed by atoms with Crippen LogP contribution in [0.5, 0.6) is 0 Å². The minimum Gasteiger partial charge on any atom is -0.778 e. The summed E-state index contributed by atoms with van der Waals surface area (Å²) >= 11 is 0. The normalized spacial score (nSPS) is 14.9. The van der Waals surface area contributed by atoms with Crippen LogP contribution in [0.2, 0.25) is 0 Å². The number of unbranched alkanes of at least 4 members (excludes halogenated alkanes) is 15. The summed E-state index contributed by atoms with van der Waals surface area (Å²) in [5.41, 5.74) is -0.573. The first-order chi connectivity index (χ1) is 14.4. The third-order valence-corrected chi connectivity index (χ3v) is 7.31. The lowest BCUT2D eigenvalue weighted by atomic mass is 10.0. The molecule has 182 valence electrons. The maximum Gasteiger partial charge on any atom is 0.137 e. The summed E-state index contributed by atoms with van der Waals surface area (Å²) in [6.07, 6.45) is 20.5. The molecule has 2 unspecified atom stereocenters. The van der Waals surface area contributed by atoms with E-state index in [4.69, 9.17) is 9.26 Å². The fourth-order valence-corrected chi connectivity index (χ4v) is 4.04. The van der Waals surface area contributed by atoms with Crippen LogP contribution in [0.3, 0.4) is 0 Å². The van der Waals surface area contributed by atoms with E-state index in [0.717, 1.165) is 12.8 Å². The molecule has 5 nitrogen and oxygen atoms in total. The van der Waals surface area contributed by atoms with Crippen LogP contribution in [0.15, 0.2) is 0 Å². The van der Waals surface area contributed by atoms with Crippen LogP contribution in [-0.4, -0.2) is 36.7 Å². The monoisotopic (exact) mass is 449 g/mol. The highest BCUT2D eigenvalue weighted by Crippen LogP contribution is 2.42. The zero-order valence-corrected chi connectivity index (χ0v) is 21.0. The topological polar surface area (TPSA) is 78.8 Å². The molecule has 0 aliphatic carbocycles. The Morgan fingerprint density at radius 1 is 0.733 bits per heavy atom. The van der Waals surface area contributed by atoms with Crippen molar-refractivity contribution in [1.82, 2.24) is 0 Å². The van der Waals surface area contributed by atoms with E-state index in [1.165, 1.54) is 89.9 Å². The Morgan fingerprint density at radius 2 is 1.13 bits per heavy atom. The molecule has 0 aromatic carbocycles. The van der Waals surface area contributed by atoms with Gasteiger partial charge in [-0.2, -0.15) is 0 Å². The second kappa shape index (κ2) is 20.9. The van der Waals surface area contributed by atoms with Crippen LogP contribution < -0.4 is 4.89 Å². The van der Waals surface area contributed by atoms with E-state index in [2.05, 4.69) is 6.92 Å². The Hall–Kier alpha value is 0.0700. The molecule has 0 amide bonds. The number of aliphatic hydroxyl groups is 1. The molecule has 0 bridgehead atoms. The molecular weight excluding hydrogens is 399 g/mol. The highest BCUT2D eigenvalue weighted by molar-refractivity contribution is 7.52. The highest BCUT2D eigenvalue weighted by atomic mass is 31.2. The molecule has 0 aliphatic heterocycles. The van der Waals surface area contributed by atoms with Crippen LogP contribution in [0.1, 0.15) is 124 Å². The van der Waals surface area contributed by atoms with Crippen molar-refractivity contribution >= 4 is 7.60 Å². The first-order valence-electron chi connectivity index (χ1n) is 12.6. The second-order valence-electron chi connectivity index (χ2n) is 8.96. The molecule has 6 heteroatoms. The van der Waals surface area contributed by atoms with Crippen LogP contribution in [-0.2, 0) is 13.8 Å². The molecule has 0 aromatic rings. The summed E-state index contributed by atoms with van der Waals surface area (Å²) in [4.78, 5) is 11.5. The maximum atomic E-state index is 11.5. The van der Waals surface area contributed by atoms with E-state index in [0.29, 0.717) is 6.61 Å². The van der Waals surface area contributed by atoms with Crippen molar-refractivity contribution in [2.24, 2.45) is 0 Å². The van der Waals surface area contributed by atoms with Crippen molar-refractivity contribution in [3.05, 3.63) is 0 Å². The van der Waals surface area contributed by atoms with E-state index in [9.17, 15) is 14.6 Å². The van der Waals surface area contributed by atoms with E-state index >= 15 is 0 Å². The lowest BCUT2D eigenvalue weighted by molar-refractivity contribution is -0.203. The molecule has 0 saturated heterocycles. The van der Waals surface area contributed by atoms with Crippen molar-refractivity contribution in [2.75, 3.05) is 19.8 Å². The fourth-order valence-electron chi connectivity index (χ4n) is 3.36. The van der Waals surface area contributed by atoms with Crippen molar-refractivity contribution in [3.63, 3.8) is 0 Å². The number of ether oxygens (including phenoxy) is 1. The third kappa shape index (κ3) is 20.0. The van der Waals surface area contributed by atoms with Gasteiger partial charge in [0.25, 0.3) is 0 Å². The van der Waals surface area contributed by atoms with Gasteiger partial charge in [0, 0.05) is 12.3 Å². The lowest BCUT2D eigenvalue weighted by Gasteiger charge is -2.28. The Balaban J connectivity index is 3.23. The Kier molecular flexibility index (Phi) is 21.0. The third-order valence-electron chi connectivity index (χ3n) is 5.53. The molecule has 0 aliphatic rings. The summed E-state index contributed by atoms with van der Waals surface area (Å²) in [5, 5.41) is 9.72. The summed E-state index contributed by atoms with van der Waals surface area (Å²) in [6.45, 7) is 5.90. The first-order valence-corrected chi connectivity index (χ1v) is 14.2. The number of hydrogen-bond donors (Lipinski definition) is 1. The highest BCUT2D eigenvalue weighted by Gasteiger charge is 2.16. The fraction of sp³-hybridized carbons (Fsp3) is 1.00. The molecule has 0 fully saturated rings. The van der Waals surface area contributed by atoms with Gasteiger partial charge >= 0.3 is 0 Å². The van der Waals surface area contributed by atoms with Crippen molar-refractivity contribution in [3.8, 4) is 0 Å². The largest absolute Gasteiger partial charge is 0.778 e. The molecule has 2 atom stereocenters. The van der Waals surface area contributed by atoms with Gasteiger partial charge in [-0.05, 0) is 6.42 Å². The Labute approximate surface area is 186 Å². The summed E-state index contributed by atoms with van der Waals surface area (Å²) in [5.74, 6) is 0. The minimum atomic E-state index is -3.86. The zero-order valence-electron chi connectivity index (χ0n) is 20.1. The van der Waals surface area contributed by atoms with E-state index in [1.807, 2.05) is 0 Å². The molecule has 0 heterocycles. The predicted octanol–water partition coefficient (Wildman–Crippen LogP) is 6.60. The summed E-state index contributed by atoms with van der Waals surface area (Å²) < 4.78 is 21.8. The van der Waals surface area contributed by atoms with E-state index < -0.39 is 19.4 Å².